The van der Waals surface area contributed by atoms with E-state index in [-0.39, 0.29) is 12.2 Å². The molecule has 0 spiro atoms. The van der Waals surface area contributed by atoms with Crippen molar-refractivity contribution in [2.45, 2.75) is 46.0 Å². The van der Waals surface area contributed by atoms with Crippen LogP contribution >= 0.6 is 0 Å². The lowest BCUT2D eigenvalue weighted by atomic mass is 10.1. The molecule has 1 aliphatic heterocycles. The molecule has 1 aromatic carbocycles. The Balaban J connectivity index is 1.82. The first-order chi connectivity index (χ1) is 9.95. The summed E-state index contributed by atoms with van der Waals surface area (Å²) in [5.74, 6) is 0.868. The molecule has 0 aromatic heterocycles. The zero-order chi connectivity index (χ0) is 15.4. The fourth-order valence-corrected chi connectivity index (χ4v) is 3.01. The van der Waals surface area contributed by atoms with Crippen LogP contribution in [0.3, 0.4) is 0 Å². The van der Waals surface area contributed by atoms with Gasteiger partial charge in [-0.15, -0.1) is 0 Å². The second-order valence-electron chi connectivity index (χ2n) is 6.28. The van der Waals surface area contributed by atoms with E-state index in [4.69, 9.17) is 9.47 Å². The molecule has 2 rings (SSSR count). The van der Waals surface area contributed by atoms with Crippen LogP contribution in [0.1, 0.15) is 25.0 Å². The molecule has 118 valence electrons. The molecule has 1 saturated heterocycles. The van der Waals surface area contributed by atoms with Crippen molar-refractivity contribution in [3.63, 3.8) is 0 Å². The molecule has 0 saturated carbocycles. The van der Waals surface area contributed by atoms with E-state index in [2.05, 4.69) is 26.8 Å². The average molecular weight is 294 g/mol. The number of nitrogens with one attached hydrogen (secondary N) is 1. The summed E-state index contributed by atoms with van der Waals surface area (Å²) in [5.41, 5.74) is 2.36. The maximum absolute atomic E-state index is 10.2. The van der Waals surface area contributed by atoms with Gasteiger partial charge in [0.25, 0.3) is 0 Å². The number of morpholine rings is 1. The van der Waals surface area contributed by atoms with E-state index in [1.165, 1.54) is 10.5 Å². The predicted octanol–water partition coefficient (Wildman–Crippen LogP) is 0.735. The molecule has 0 amide bonds. The molecule has 4 nitrogen and oxygen atoms in total. The second kappa shape index (κ2) is 7.25. The van der Waals surface area contributed by atoms with Gasteiger partial charge in [0, 0.05) is 0 Å². The number of quaternary nitrogens is 1. The lowest BCUT2D eigenvalue weighted by Gasteiger charge is -2.33. The van der Waals surface area contributed by atoms with E-state index < -0.39 is 6.10 Å². The number of aryl methyl sites for hydroxylation is 1. The quantitative estimate of drug-likeness (QED) is 0.842. The standard InChI is InChI=1S/C17H27NO3/c1-12-6-5-7-17(15(12)4)20-11-16(19)10-18-8-13(2)21-14(3)9-18/h5-7,13-14,16,19H,8-11H2,1-4H3/p+1/t13-,14-,16-/m1/s1. The van der Waals surface area contributed by atoms with Crippen LogP contribution in [0.4, 0.5) is 0 Å². The highest BCUT2D eigenvalue weighted by molar-refractivity contribution is 5.38. The van der Waals surface area contributed by atoms with Crippen LogP contribution in [0.25, 0.3) is 0 Å². The van der Waals surface area contributed by atoms with Gasteiger partial charge in [0.2, 0.25) is 0 Å². The van der Waals surface area contributed by atoms with Crippen LogP contribution in [0.2, 0.25) is 0 Å². The molecule has 4 heteroatoms. The first-order valence-electron chi connectivity index (χ1n) is 7.81. The third-order valence-electron chi connectivity index (χ3n) is 4.13. The molecular weight excluding hydrogens is 266 g/mol. The Morgan fingerprint density at radius 1 is 1.29 bits per heavy atom. The highest BCUT2D eigenvalue weighted by Crippen LogP contribution is 2.20. The van der Waals surface area contributed by atoms with Crippen LogP contribution in [-0.4, -0.2) is 49.7 Å². The molecule has 1 aromatic rings. The van der Waals surface area contributed by atoms with E-state index in [0.717, 1.165) is 24.4 Å². The Hall–Kier alpha value is -1.10. The maximum atomic E-state index is 10.2. The number of hydrogen-bond donors (Lipinski definition) is 2. The number of ether oxygens (including phenoxy) is 2. The molecule has 1 aliphatic rings. The Kier molecular flexibility index (Phi) is 5.62. The van der Waals surface area contributed by atoms with Gasteiger partial charge in [0.15, 0.2) is 0 Å². The zero-order valence-corrected chi connectivity index (χ0v) is 13.6. The minimum Gasteiger partial charge on any atom is -0.490 e. The molecular formula is C17H28NO3+. The van der Waals surface area contributed by atoms with E-state index in [1.54, 1.807) is 0 Å². The molecule has 0 unspecified atom stereocenters. The van der Waals surface area contributed by atoms with Gasteiger partial charge in [-0.2, -0.15) is 0 Å². The first kappa shape index (κ1) is 16.3. The Morgan fingerprint density at radius 3 is 2.62 bits per heavy atom. The summed E-state index contributed by atoms with van der Waals surface area (Å²) in [7, 11) is 0. The molecule has 21 heavy (non-hydrogen) atoms. The third kappa shape index (κ3) is 4.70. The Bertz CT molecular complexity index is 453. The van der Waals surface area contributed by atoms with Crippen molar-refractivity contribution < 1.29 is 19.5 Å². The molecule has 0 bridgehead atoms. The Labute approximate surface area is 127 Å². The Morgan fingerprint density at radius 2 is 1.95 bits per heavy atom. The third-order valence-corrected chi connectivity index (χ3v) is 4.13. The normalized spacial score (nSPS) is 27.4. The summed E-state index contributed by atoms with van der Waals surface area (Å²) in [6, 6.07) is 6.01. The van der Waals surface area contributed by atoms with Crippen LogP contribution in [0, 0.1) is 13.8 Å². The lowest BCUT2D eigenvalue weighted by Crippen LogP contribution is -3.16. The van der Waals surface area contributed by atoms with Crippen molar-refractivity contribution >= 4 is 0 Å². The molecule has 2 N–H and O–H groups in total. The summed E-state index contributed by atoms with van der Waals surface area (Å²) in [4.78, 5) is 1.39. The first-order valence-corrected chi connectivity index (χ1v) is 7.81. The van der Waals surface area contributed by atoms with E-state index >= 15 is 0 Å². The highest BCUT2D eigenvalue weighted by atomic mass is 16.5. The van der Waals surface area contributed by atoms with Crippen LogP contribution in [0.15, 0.2) is 18.2 Å². The number of aliphatic hydroxyl groups is 1. The van der Waals surface area contributed by atoms with E-state index in [0.29, 0.717) is 13.2 Å². The number of hydrogen-bond acceptors (Lipinski definition) is 3. The van der Waals surface area contributed by atoms with Gasteiger partial charge < -0.3 is 19.5 Å². The number of benzene rings is 1. The SMILES string of the molecule is Cc1cccc(OC[C@H](O)C[NH+]2C[C@@H](C)O[C@H](C)C2)c1C. The van der Waals surface area contributed by atoms with Crippen molar-refractivity contribution in [2.24, 2.45) is 0 Å². The molecule has 0 aliphatic carbocycles. The predicted molar refractivity (Wildman–Crippen MR) is 83.0 cm³/mol. The maximum Gasteiger partial charge on any atom is 0.137 e. The molecule has 0 radical (unpaired) electrons. The van der Waals surface area contributed by atoms with Gasteiger partial charge in [-0.05, 0) is 44.9 Å². The van der Waals surface area contributed by atoms with Gasteiger partial charge >= 0.3 is 0 Å². The van der Waals surface area contributed by atoms with E-state index in [9.17, 15) is 5.11 Å². The lowest BCUT2D eigenvalue weighted by molar-refractivity contribution is -0.918. The highest BCUT2D eigenvalue weighted by Gasteiger charge is 2.27. The van der Waals surface area contributed by atoms with Gasteiger partial charge in [-0.25, -0.2) is 0 Å². The number of aliphatic hydroxyl groups excluding tert-OH is 1. The molecule has 1 heterocycles. The monoisotopic (exact) mass is 294 g/mol. The zero-order valence-electron chi connectivity index (χ0n) is 13.6. The van der Waals surface area contributed by atoms with Crippen molar-refractivity contribution in [3.05, 3.63) is 29.3 Å². The van der Waals surface area contributed by atoms with Crippen LogP contribution < -0.4 is 9.64 Å². The minimum atomic E-state index is -0.447. The van der Waals surface area contributed by atoms with Crippen LogP contribution in [-0.2, 0) is 4.74 Å². The van der Waals surface area contributed by atoms with Crippen molar-refractivity contribution in [2.75, 3.05) is 26.2 Å². The smallest absolute Gasteiger partial charge is 0.137 e. The molecule has 3 atom stereocenters. The van der Waals surface area contributed by atoms with Gasteiger partial charge in [0.05, 0.1) is 0 Å². The average Bonchev–Trinajstić information content (AvgIpc) is 2.39. The largest absolute Gasteiger partial charge is 0.490 e. The summed E-state index contributed by atoms with van der Waals surface area (Å²) in [5, 5.41) is 10.2. The summed E-state index contributed by atoms with van der Waals surface area (Å²) < 4.78 is 11.5. The fraction of sp³-hybridized carbons (Fsp3) is 0.647. The van der Waals surface area contributed by atoms with E-state index in [1.807, 2.05) is 19.1 Å². The minimum absolute atomic E-state index is 0.260. The second-order valence-corrected chi connectivity index (χ2v) is 6.28. The van der Waals surface area contributed by atoms with Crippen molar-refractivity contribution in [3.8, 4) is 5.75 Å². The van der Waals surface area contributed by atoms with Gasteiger partial charge in [0.1, 0.15) is 50.3 Å². The van der Waals surface area contributed by atoms with Gasteiger partial charge in [-0.3, -0.25) is 0 Å². The molecule has 1 fully saturated rings. The van der Waals surface area contributed by atoms with Crippen molar-refractivity contribution in [1.82, 2.24) is 0 Å². The summed E-state index contributed by atoms with van der Waals surface area (Å²) in [6.45, 7) is 11.3. The summed E-state index contributed by atoms with van der Waals surface area (Å²) >= 11 is 0. The topological polar surface area (TPSA) is 43.1 Å². The number of rotatable bonds is 5. The summed E-state index contributed by atoms with van der Waals surface area (Å²) in [6.07, 6.45) is 0.0733. The fourth-order valence-electron chi connectivity index (χ4n) is 3.01. The van der Waals surface area contributed by atoms with Crippen molar-refractivity contribution in [1.29, 1.82) is 0 Å². The van der Waals surface area contributed by atoms with Crippen LogP contribution in [0.5, 0.6) is 5.75 Å². The van der Waals surface area contributed by atoms with Gasteiger partial charge in [-0.1, -0.05) is 12.1 Å².